The third kappa shape index (κ3) is 7.69. The topological polar surface area (TPSA) is 111 Å². The molecule has 24 fully saturated rings. The van der Waals surface area contributed by atoms with Crippen LogP contribution in [0.25, 0.3) is 0 Å². The maximum atomic E-state index is 11.8. The summed E-state index contributed by atoms with van der Waals surface area (Å²) in [6, 6.07) is 24.7. The van der Waals surface area contributed by atoms with Crippen LogP contribution in [-0.2, 0) is 27.1 Å². The lowest BCUT2D eigenvalue weighted by Crippen LogP contribution is -2.74. The fraction of sp³-hybridized carbons (Fsp3) is 0.727. The van der Waals surface area contributed by atoms with Crippen molar-refractivity contribution in [2.75, 3.05) is 11.5 Å². The molecule has 0 spiro atoms. The Balaban J connectivity index is 0.760. The molecule has 0 amide bonds. The molecule has 6 heteroatoms. The first kappa shape index (κ1) is 57.6. The molecule has 0 radical (unpaired) electrons. The van der Waals surface area contributed by atoms with Crippen LogP contribution < -0.4 is 20.9 Å². The van der Waals surface area contributed by atoms with E-state index >= 15 is 0 Å². The van der Waals surface area contributed by atoms with Crippen LogP contribution in [0.5, 0.6) is 34.5 Å². The van der Waals surface area contributed by atoms with E-state index in [-0.39, 0.29) is 49.4 Å². The van der Waals surface area contributed by atoms with Crippen molar-refractivity contribution in [1.82, 2.24) is 0 Å². The summed E-state index contributed by atoms with van der Waals surface area (Å²) < 4.78 is 15.9. The summed E-state index contributed by atoms with van der Waals surface area (Å²) in [5, 5.41) is 23.7. The Bertz CT molecular complexity index is 3550. The number of aromatic hydroxyl groups is 2. The molecule has 6 nitrogen and oxygen atoms in total. The monoisotopic (exact) mass is 1260 g/mol. The lowest BCUT2D eigenvalue weighted by atomic mass is 9.23. The Hall–Kier alpha value is -4.32. The first-order valence-corrected chi connectivity index (χ1v) is 39.9. The molecule has 24 bridgehead atoms. The predicted octanol–water partition coefficient (Wildman–Crippen LogP) is 21.6. The van der Waals surface area contributed by atoms with E-state index in [1.807, 2.05) is 12.1 Å². The molecule has 4 atom stereocenters. The van der Waals surface area contributed by atoms with Crippen molar-refractivity contribution in [3.8, 4) is 34.5 Å². The number of hydrogen-bond acceptors (Lipinski definition) is 6. The third-order valence-corrected chi connectivity index (χ3v) is 35.1. The van der Waals surface area contributed by atoms with Gasteiger partial charge in [-0.15, -0.1) is 0 Å². The molecule has 24 aliphatic carbocycles. The molecular weight excluding hydrogens is 1150 g/mol. The van der Waals surface area contributed by atoms with Gasteiger partial charge >= 0.3 is 0 Å². The van der Waals surface area contributed by atoms with E-state index in [0.29, 0.717) is 33.0 Å². The van der Waals surface area contributed by atoms with Crippen molar-refractivity contribution in [3.63, 3.8) is 0 Å². The van der Waals surface area contributed by atoms with Gasteiger partial charge in [0.05, 0.1) is 11.4 Å². The van der Waals surface area contributed by atoms with Crippen LogP contribution in [0.15, 0.2) is 60.7 Å². The smallest absolute Gasteiger partial charge is 0.142 e. The number of ether oxygens (including phenoxy) is 2. The molecule has 4 aromatic rings. The van der Waals surface area contributed by atoms with Crippen molar-refractivity contribution in [3.05, 3.63) is 94.0 Å². The van der Waals surface area contributed by atoms with E-state index in [0.717, 1.165) is 106 Å². The summed E-state index contributed by atoms with van der Waals surface area (Å²) in [7, 11) is 0. The summed E-state index contributed by atoms with van der Waals surface area (Å²) in [5.41, 5.74) is 25.2. The minimum absolute atomic E-state index is 0.00260. The lowest BCUT2D eigenvalue weighted by Gasteiger charge is -2.81. The third-order valence-electron chi connectivity index (χ3n) is 35.1. The fourth-order valence-corrected chi connectivity index (χ4v) is 36.1. The number of phenols is 2. The van der Waals surface area contributed by atoms with Crippen LogP contribution in [0.1, 0.15) is 286 Å². The summed E-state index contributed by atoms with van der Waals surface area (Å²) in [5.74, 6) is 15.2. The molecule has 0 aliphatic heterocycles. The van der Waals surface area contributed by atoms with Gasteiger partial charge in [-0.05, 0) is 397 Å². The van der Waals surface area contributed by atoms with Crippen LogP contribution in [0.3, 0.4) is 0 Å². The summed E-state index contributed by atoms with van der Waals surface area (Å²) in [6.07, 6.45) is 47.2. The van der Waals surface area contributed by atoms with Gasteiger partial charge in [0.1, 0.15) is 34.5 Å². The SMILES string of the molecule is CC12CC3CC(C)(C1)CC(C14CC5CC(C)(C1)C(c1ccc(Oc6cc(O)c(N)cc6C67CC8CC(CC(C8)C6)C7)c(C67CC8CC(CC(C8)C6)C7)c1)(c1ccc(Oc6cc(O)c(N)cc6C67CC8CC(CC(C8)C6)C7)c(C67CC8CC(CC(C8)C6)C7)c1)C(C)(C5)C4)(C3)C2. The van der Waals surface area contributed by atoms with Gasteiger partial charge in [0, 0.05) is 39.8 Å². The average Bonchev–Trinajstić information content (AvgIpc) is 0.641. The van der Waals surface area contributed by atoms with E-state index in [2.05, 4.69) is 76.2 Å². The standard InChI is InChI=1S/C88H112N2O4/c1-78-27-62-28-79(2,45-78)47-86(43-62,46-78)87-44-63-29-80(3,48-87)88(81(4,30-63)49-87,64-5-7-74(66(21-64)82-31-50-9-51(32-82)11-52(10-50)33-82)93-76-25-72(91)70(89)23-68(76)84-37-56-15-57(38-84)17-58(16-56)39-84)65-6-8-75(67(22-65)83-34-53-12-54(35-83)14-55(13-53)36-83)94-77-26-73(92)71(90)24-69(77)85-40-59-18-60(41-85)20-61(19-59)42-85/h5-8,21-26,50-63,91-92H,9-20,27-49,89-90H2,1-4H3. The van der Waals surface area contributed by atoms with Crippen molar-refractivity contribution in [2.45, 2.75) is 279 Å². The Morgan fingerprint density at radius 2 is 0.596 bits per heavy atom. The van der Waals surface area contributed by atoms with Crippen LogP contribution >= 0.6 is 0 Å². The van der Waals surface area contributed by atoms with Crippen molar-refractivity contribution in [2.24, 2.45) is 115 Å². The Morgan fingerprint density at radius 1 is 0.309 bits per heavy atom. The predicted molar refractivity (Wildman–Crippen MR) is 373 cm³/mol. The number of hydrogen-bond donors (Lipinski definition) is 4. The average molecular weight is 1260 g/mol. The zero-order valence-electron chi connectivity index (χ0n) is 58.0. The molecule has 4 unspecified atom stereocenters. The molecule has 0 heterocycles. The first-order valence-electron chi connectivity index (χ1n) is 39.9. The Labute approximate surface area is 562 Å². The molecule has 498 valence electrons. The zero-order valence-corrected chi connectivity index (χ0v) is 58.0. The molecular formula is C88H112N2O4. The molecule has 4 aromatic carbocycles. The number of benzene rings is 4. The fourth-order valence-electron chi connectivity index (χ4n) is 36.1. The number of nitrogens with two attached hydrogens (primary N) is 2. The van der Waals surface area contributed by atoms with Crippen LogP contribution in [0.2, 0.25) is 0 Å². The van der Waals surface area contributed by atoms with Gasteiger partial charge in [-0.1, -0.05) is 52.0 Å². The number of nitrogen functional groups attached to an aromatic ring is 2. The Kier molecular flexibility index (Phi) is 11.2. The maximum Gasteiger partial charge on any atom is 0.142 e. The van der Waals surface area contributed by atoms with Crippen LogP contribution in [0.4, 0.5) is 11.4 Å². The minimum Gasteiger partial charge on any atom is -0.506 e. The molecule has 24 aliphatic rings. The second-order valence-electron chi connectivity index (χ2n) is 42.1. The van der Waals surface area contributed by atoms with Gasteiger partial charge in [-0.25, -0.2) is 0 Å². The minimum atomic E-state index is -0.282. The quantitative estimate of drug-likeness (QED) is 0.0880. The zero-order chi connectivity index (χ0) is 62.9. The molecule has 0 aromatic heterocycles. The Morgan fingerprint density at radius 3 is 0.904 bits per heavy atom. The van der Waals surface area contributed by atoms with Crippen LogP contribution in [0, 0.1) is 115 Å². The summed E-state index contributed by atoms with van der Waals surface area (Å²) in [4.78, 5) is 0. The second-order valence-corrected chi connectivity index (χ2v) is 42.1. The van der Waals surface area contributed by atoms with Crippen molar-refractivity contribution < 1.29 is 19.7 Å². The molecule has 24 saturated carbocycles. The van der Waals surface area contributed by atoms with E-state index in [4.69, 9.17) is 20.9 Å². The lowest BCUT2D eigenvalue weighted by molar-refractivity contribution is -0.284. The highest BCUT2D eigenvalue weighted by Crippen LogP contribution is 2.86. The van der Waals surface area contributed by atoms with Crippen LogP contribution in [-0.4, -0.2) is 10.2 Å². The molecule has 6 N–H and O–H groups in total. The summed E-state index contributed by atoms with van der Waals surface area (Å²) in [6.45, 7) is 11.4. The van der Waals surface area contributed by atoms with E-state index in [1.54, 1.807) is 11.1 Å². The van der Waals surface area contributed by atoms with Gasteiger partial charge in [-0.3, -0.25) is 0 Å². The number of rotatable bonds is 11. The highest BCUT2D eigenvalue weighted by Gasteiger charge is 2.79. The summed E-state index contributed by atoms with van der Waals surface area (Å²) >= 11 is 0. The van der Waals surface area contributed by atoms with Gasteiger partial charge in [0.15, 0.2) is 0 Å². The molecule has 0 saturated heterocycles. The van der Waals surface area contributed by atoms with E-state index in [9.17, 15) is 10.2 Å². The van der Waals surface area contributed by atoms with Crippen molar-refractivity contribution >= 4 is 11.4 Å². The largest absolute Gasteiger partial charge is 0.506 e. The normalized spacial score (nSPS) is 51.4. The van der Waals surface area contributed by atoms with Gasteiger partial charge in [0.25, 0.3) is 0 Å². The highest BCUT2D eigenvalue weighted by atomic mass is 16.5. The number of anilines is 2. The van der Waals surface area contributed by atoms with Gasteiger partial charge in [0.2, 0.25) is 0 Å². The molecule has 28 rings (SSSR count). The number of phenolic OH excluding ortho intramolecular Hbond substituents is 2. The first-order chi connectivity index (χ1) is 45.0. The van der Waals surface area contributed by atoms with Crippen molar-refractivity contribution in [1.29, 1.82) is 0 Å². The second kappa shape index (κ2) is 18.4. The van der Waals surface area contributed by atoms with Gasteiger partial charge < -0.3 is 31.2 Å². The van der Waals surface area contributed by atoms with Gasteiger partial charge in [-0.2, -0.15) is 0 Å². The highest BCUT2D eigenvalue weighted by molar-refractivity contribution is 5.65. The van der Waals surface area contributed by atoms with E-state index < -0.39 is 0 Å². The molecule has 94 heavy (non-hydrogen) atoms. The maximum absolute atomic E-state index is 11.8. The van der Waals surface area contributed by atoms with E-state index in [1.165, 1.54) is 247 Å².